The first-order valence-corrected chi connectivity index (χ1v) is 10.5. The Labute approximate surface area is 186 Å². The van der Waals surface area contributed by atoms with Crippen molar-refractivity contribution in [3.8, 4) is 11.3 Å². The molecule has 2 aliphatic heterocycles. The number of likely N-dealkylation sites (tertiary alicyclic amines) is 1. The van der Waals surface area contributed by atoms with Crippen molar-refractivity contribution in [3.63, 3.8) is 0 Å². The van der Waals surface area contributed by atoms with Gasteiger partial charge >= 0.3 is 12.2 Å². The molecule has 1 spiro atoms. The molecular weight excluding hydrogens is 437 g/mol. The average molecular weight is 458 g/mol. The summed E-state index contributed by atoms with van der Waals surface area (Å²) in [6.07, 6.45) is -0.156. The number of aryl methyl sites for hydroxylation is 1. The molecule has 12 heteroatoms. The molecule has 2 amide bonds. The number of pyridine rings is 1. The summed E-state index contributed by atoms with van der Waals surface area (Å²) >= 11 is 0. The van der Waals surface area contributed by atoms with E-state index in [0.29, 0.717) is 31.0 Å². The molecule has 5 rings (SSSR count). The lowest BCUT2D eigenvalue weighted by Crippen LogP contribution is -2.40. The molecule has 3 aromatic rings. The second kappa shape index (κ2) is 7.71. The number of nitrogen functional groups attached to an aromatic ring is 1. The third-order valence-electron chi connectivity index (χ3n) is 6.33. The molecule has 2 aliphatic rings. The van der Waals surface area contributed by atoms with Crippen molar-refractivity contribution in [2.24, 2.45) is 0 Å². The number of aromatic nitrogens is 5. The van der Waals surface area contributed by atoms with Crippen molar-refractivity contribution in [3.05, 3.63) is 53.6 Å². The van der Waals surface area contributed by atoms with Crippen LogP contribution in [0.4, 0.5) is 23.8 Å². The number of nitrogens with two attached hydrogens (primary N) is 1. The maximum atomic E-state index is 13.2. The molecule has 3 aromatic heterocycles. The molecule has 0 saturated carbocycles. The SMILES string of the molecule is Nc1ncc(-c2cc3n(n2)CC[C@@]32CCN(C(=O)NCc3cccnn3)C2)cc1C(F)(F)F. The highest BCUT2D eigenvalue weighted by Crippen LogP contribution is 2.44. The fourth-order valence-corrected chi connectivity index (χ4v) is 4.61. The number of halogens is 3. The van der Waals surface area contributed by atoms with E-state index in [0.717, 1.165) is 24.6 Å². The van der Waals surface area contributed by atoms with Crippen LogP contribution in [-0.2, 0) is 24.7 Å². The fraction of sp³-hybridized carbons (Fsp3) is 0.381. The summed E-state index contributed by atoms with van der Waals surface area (Å²) in [5.41, 5.74) is 6.42. The van der Waals surface area contributed by atoms with Crippen LogP contribution in [0.25, 0.3) is 11.3 Å². The highest BCUT2D eigenvalue weighted by molar-refractivity contribution is 5.75. The highest BCUT2D eigenvalue weighted by Gasteiger charge is 2.47. The molecule has 3 N–H and O–H groups in total. The number of anilines is 1. The summed E-state index contributed by atoms with van der Waals surface area (Å²) in [7, 11) is 0. The van der Waals surface area contributed by atoms with E-state index in [1.54, 1.807) is 29.3 Å². The van der Waals surface area contributed by atoms with Crippen molar-refractivity contribution >= 4 is 11.8 Å². The number of nitrogens with one attached hydrogen (secondary N) is 1. The van der Waals surface area contributed by atoms with Gasteiger partial charge in [0.1, 0.15) is 5.82 Å². The summed E-state index contributed by atoms with van der Waals surface area (Å²) < 4.78 is 41.5. The molecule has 0 bridgehead atoms. The molecule has 33 heavy (non-hydrogen) atoms. The number of hydrogen-bond donors (Lipinski definition) is 2. The number of nitrogens with zero attached hydrogens (tertiary/aromatic N) is 6. The molecule has 0 radical (unpaired) electrons. The molecule has 0 aliphatic carbocycles. The smallest absolute Gasteiger partial charge is 0.383 e. The minimum absolute atomic E-state index is 0.187. The van der Waals surface area contributed by atoms with Crippen molar-refractivity contribution in [1.29, 1.82) is 0 Å². The third kappa shape index (κ3) is 3.85. The molecule has 9 nitrogen and oxygen atoms in total. The number of fused-ring (bicyclic) bond motifs is 2. The number of hydrogen-bond acceptors (Lipinski definition) is 6. The zero-order valence-electron chi connectivity index (χ0n) is 17.5. The topological polar surface area (TPSA) is 115 Å². The second-order valence-corrected chi connectivity index (χ2v) is 8.37. The molecule has 0 aromatic carbocycles. The largest absolute Gasteiger partial charge is 0.419 e. The van der Waals surface area contributed by atoms with Crippen LogP contribution >= 0.6 is 0 Å². The lowest BCUT2D eigenvalue weighted by Gasteiger charge is -2.23. The summed E-state index contributed by atoms with van der Waals surface area (Å²) in [4.78, 5) is 18.1. The zero-order valence-corrected chi connectivity index (χ0v) is 17.5. The summed E-state index contributed by atoms with van der Waals surface area (Å²) in [6.45, 7) is 2.01. The fourth-order valence-electron chi connectivity index (χ4n) is 4.61. The maximum Gasteiger partial charge on any atom is 0.419 e. The molecule has 1 atom stereocenters. The average Bonchev–Trinajstić information content (AvgIpc) is 3.49. The minimum atomic E-state index is -4.60. The van der Waals surface area contributed by atoms with Gasteiger partial charge in [-0.1, -0.05) is 0 Å². The molecule has 5 heterocycles. The molecule has 1 fully saturated rings. The van der Waals surface area contributed by atoms with Gasteiger partial charge in [0.25, 0.3) is 0 Å². The number of amides is 2. The number of rotatable bonds is 3. The first-order chi connectivity index (χ1) is 15.7. The number of carbonyl (C=O) groups is 1. The quantitative estimate of drug-likeness (QED) is 0.624. The van der Waals surface area contributed by atoms with Crippen molar-refractivity contribution in [2.75, 3.05) is 18.8 Å². The summed E-state index contributed by atoms with van der Waals surface area (Å²) in [5.74, 6) is -0.562. The molecule has 0 unspecified atom stereocenters. The van der Waals surface area contributed by atoms with Gasteiger partial charge in [-0.25, -0.2) is 9.78 Å². The number of alkyl halides is 3. The van der Waals surface area contributed by atoms with Crippen LogP contribution in [0.1, 0.15) is 29.8 Å². The van der Waals surface area contributed by atoms with Crippen molar-refractivity contribution in [2.45, 2.75) is 37.5 Å². The van der Waals surface area contributed by atoms with Crippen LogP contribution in [0, 0.1) is 0 Å². The third-order valence-corrected chi connectivity index (χ3v) is 6.33. The van der Waals surface area contributed by atoms with E-state index in [1.807, 2.05) is 4.68 Å². The molecular formula is C21H21F3N8O. The van der Waals surface area contributed by atoms with Crippen LogP contribution in [0.15, 0.2) is 36.7 Å². The Balaban J connectivity index is 1.33. The van der Waals surface area contributed by atoms with E-state index in [4.69, 9.17) is 5.73 Å². The first kappa shape index (κ1) is 21.2. The van der Waals surface area contributed by atoms with Gasteiger partial charge < -0.3 is 16.0 Å². The van der Waals surface area contributed by atoms with Gasteiger partial charge in [0.2, 0.25) is 0 Å². The normalized spacial score (nSPS) is 19.8. The van der Waals surface area contributed by atoms with Gasteiger partial charge in [0.15, 0.2) is 0 Å². The lowest BCUT2D eigenvalue weighted by atomic mass is 9.82. The Morgan fingerprint density at radius 2 is 2.06 bits per heavy atom. The highest BCUT2D eigenvalue weighted by atomic mass is 19.4. The van der Waals surface area contributed by atoms with Crippen molar-refractivity contribution in [1.82, 2.24) is 35.2 Å². The van der Waals surface area contributed by atoms with Crippen LogP contribution in [0.2, 0.25) is 0 Å². The second-order valence-electron chi connectivity index (χ2n) is 8.37. The Hall–Kier alpha value is -3.70. The van der Waals surface area contributed by atoms with Gasteiger partial charge in [-0.05, 0) is 37.1 Å². The number of urea groups is 1. The van der Waals surface area contributed by atoms with Crippen LogP contribution < -0.4 is 11.1 Å². The van der Waals surface area contributed by atoms with Gasteiger partial charge in [0.05, 0.1) is 23.5 Å². The van der Waals surface area contributed by atoms with Crippen LogP contribution in [-0.4, -0.2) is 49.0 Å². The van der Waals surface area contributed by atoms with E-state index < -0.39 is 17.6 Å². The predicted molar refractivity (Wildman–Crippen MR) is 112 cm³/mol. The van der Waals surface area contributed by atoms with Gasteiger partial charge in [-0.3, -0.25) is 4.68 Å². The van der Waals surface area contributed by atoms with Gasteiger partial charge in [-0.15, -0.1) is 0 Å². The van der Waals surface area contributed by atoms with E-state index in [1.165, 1.54) is 6.20 Å². The van der Waals surface area contributed by atoms with Crippen molar-refractivity contribution < 1.29 is 18.0 Å². The van der Waals surface area contributed by atoms with E-state index in [-0.39, 0.29) is 23.6 Å². The molecule has 1 saturated heterocycles. The molecule has 172 valence electrons. The van der Waals surface area contributed by atoms with E-state index in [9.17, 15) is 18.0 Å². The Bertz CT molecular complexity index is 1200. The monoisotopic (exact) mass is 458 g/mol. The minimum Gasteiger partial charge on any atom is -0.383 e. The summed E-state index contributed by atoms with van der Waals surface area (Å²) in [6, 6.07) is 6.14. The zero-order chi connectivity index (χ0) is 23.2. The Morgan fingerprint density at radius 1 is 1.24 bits per heavy atom. The maximum absolute atomic E-state index is 13.2. The van der Waals surface area contributed by atoms with Crippen LogP contribution in [0.5, 0.6) is 0 Å². The van der Waals surface area contributed by atoms with E-state index in [2.05, 4.69) is 25.6 Å². The Kier molecular flexibility index (Phi) is 4.94. The Morgan fingerprint density at radius 3 is 2.82 bits per heavy atom. The van der Waals surface area contributed by atoms with E-state index >= 15 is 0 Å². The predicted octanol–water partition coefficient (Wildman–Crippen LogP) is 2.59. The number of carbonyl (C=O) groups excluding carboxylic acids is 1. The van der Waals surface area contributed by atoms with Gasteiger partial charge in [-0.2, -0.15) is 28.5 Å². The standard InChI is InChI=1S/C21H21F3N8O/c22-21(23,24)15-8-13(10-26-18(15)25)16-9-17-20(4-7-32(17)30-16)3-6-31(12-20)19(33)27-11-14-2-1-5-28-29-14/h1-2,5,8-10H,3-4,6-7,11-12H2,(H2,25,26)(H,27,33)/t20-/m1/s1. The first-order valence-electron chi connectivity index (χ1n) is 10.5. The summed E-state index contributed by atoms with van der Waals surface area (Å²) in [5, 5.41) is 15.1. The van der Waals surface area contributed by atoms with Gasteiger partial charge in [0, 0.05) is 48.7 Å². The van der Waals surface area contributed by atoms with Crippen LogP contribution in [0.3, 0.4) is 0 Å². The lowest BCUT2D eigenvalue weighted by molar-refractivity contribution is -0.137.